The Labute approximate surface area is 128 Å². The van der Waals surface area contributed by atoms with Crippen LogP contribution in [0.5, 0.6) is 5.75 Å². The molecular weight excluding hydrogens is 268 g/mol. The van der Waals surface area contributed by atoms with Crippen molar-refractivity contribution in [3.63, 3.8) is 0 Å². The highest BCUT2D eigenvalue weighted by atomic mass is 16.5. The maximum atomic E-state index is 5.98. The number of rotatable bonds is 9. The summed E-state index contributed by atoms with van der Waals surface area (Å²) in [5.74, 6) is 0.717. The molecule has 0 spiro atoms. The molecule has 0 heterocycles. The topological polar surface area (TPSA) is 57.0 Å². The van der Waals surface area contributed by atoms with E-state index in [1.54, 1.807) is 14.2 Å². The second-order valence-electron chi connectivity index (χ2n) is 5.38. The summed E-state index contributed by atoms with van der Waals surface area (Å²) in [5, 5.41) is 0. The molecule has 0 amide bonds. The lowest BCUT2D eigenvalue weighted by molar-refractivity contribution is 0.171. The summed E-state index contributed by atoms with van der Waals surface area (Å²) >= 11 is 0. The molecule has 21 heavy (non-hydrogen) atoms. The van der Waals surface area contributed by atoms with Crippen LogP contribution in [0.3, 0.4) is 0 Å². The van der Waals surface area contributed by atoms with E-state index >= 15 is 0 Å². The first-order chi connectivity index (χ1) is 9.99. The van der Waals surface area contributed by atoms with Crippen LogP contribution < -0.4 is 15.4 Å². The molecule has 5 nitrogen and oxygen atoms in total. The van der Waals surface area contributed by atoms with Crippen LogP contribution in [0.25, 0.3) is 0 Å². The van der Waals surface area contributed by atoms with Gasteiger partial charge in [0.1, 0.15) is 5.75 Å². The molecule has 0 fully saturated rings. The van der Waals surface area contributed by atoms with Crippen molar-refractivity contribution in [3.05, 3.63) is 18.2 Å². The normalized spacial score (nSPS) is 12.5. The summed E-state index contributed by atoms with van der Waals surface area (Å²) < 4.78 is 16.2. The van der Waals surface area contributed by atoms with E-state index in [-0.39, 0.29) is 12.1 Å². The zero-order chi connectivity index (χ0) is 15.8. The summed E-state index contributed by atoms with van der Waals surface area (Å²) in [4.78, 5) is 2.24. The molecule has 0 saturated carbocycles. The van der Waals surface area contributed by atoms with Gasteiger partial charge in [-0.25, -0.2) is 0 Å². The van der Waals surface area contributed by atoms with Crippen molar-refractivity contribution in [1.82, 2.24) is 0 Å². The van der Waals surface area contributed by atoms with Crippen LogP contribution >= 0.6 is 0 Å². The van der Waals surface area contributed by atoms with Gasteiger partial charge in [-0.1, -0.05) is 0 Å². The first kappa shape index (κ1) is 17.6. The molecule has 0 aliphatic carbocycles. The molecule has 1 atom stereocenters. The smallest absolute Gasteiger partial charge is 0.144 e. The zero-order valence-corrected chi connectivity index (χ0v) is 13.8. The lowest BCUT2D eigenvalue weighted by Crippen LogP contribution is -2.38. The first-order valence-corrected chi connectivity index (χ1v) is 7.30. The summed E-state index contributed by atoms with van der Waals surface area (Å²) in [6.45, 7) is 8.18. The van der Waals surface area contributed by atoms with E-state index in [0.29, 0.717) is 18.9 Å². The standard InChI is InChI=1S/C16H28N2O3/c1-12(2)21-16-10-14(6-7-15(16)17)18(8-9-19-4)13(3)11-20-5/h6-7,10,12-13H,8-9,11,17H2,1-5H3. The van der Waals surface area contributed by atoms with Crippen LogP contribution in [-0.2, 0) is 9.47 Å². The third-order valence-corrected chi connectivity index (χ3v) is 3.17. The van der Waals surface area contributed by atoms with Crippen LogP contribution in [0.4, 0.5) is 11.4 Å². The fourth-order valence-corrected chi connectivity index (χ4v) is 2.18. The van der Waals surface area contributed by atoms with Crippen LogP contribution in [0.1, 0.15) is 20.8 Å². The zero-order valence-electron chi connectivity index (χ0n) is 13.8. The van der Waals surface area contributed by atoms with Crippen molar-refractivity contribution in [2.75, 3.05) is 44.6 Å². The third-order valence-electron chi connectivity index (χ3n) is 3.17. The fraction of sp³-hybridized carbons (Fsp3) is 0.625. The molecule has 2 N–H and O–H groups in total. The molecule has 0 aliphatic rings. The maximum absolute atomic E-state index is 5.98. The lowest BCUT2D eigenvalue weighted by Gasteiger charge is -2.31. The van der Waals surface area contributed by atoms with Gasteiger partial charge in [0.25, 0.3) is 0 Å². The molecule has 1 unspecified atom stereocenters. The quantitative estimate of drug-likeness (QED) is 0.710. The summed E-state index contributed by atoms with van der Waals surface area (Å²) in [6, 6.07) is 6.11. The number of anilines is 2. The minimum absolute atomic E-state index is 0.0892. The SMILES string of the molecule is COCCN(c1ccc(N)c(OC(C)C)c1)C(C)COC. The molecule has 1 aromatic rings. The Kier molecular flexibility index (Phi) is 7.32. The van der Waals surface area contributed by atoms with Crippen molar-refractivity contribution in [3.8, 4) is 5.75 Å². The largest absolute Gasteiger partial charge is 0.489 e. The van der Waals surface area contributed by atoms with E-state index in [9.17, 15) is 0 Å². The molecular formula is C16H28N2O3. The van der Waals surface area contributed by atoms with Gasteiger partial charge in [0.15, 0.2) is 0 Å². The van der Waals surface area contributed by atoms with Gasteiger partial charge >= 0.3 is 0 Å². The van der Waals surface area contributed by atoms with Gasteiger partial charge in [0.2, 0.25) is 0 Å². The van der Waals surface area contributed by atoms with Gasteiger partial charge in [-0.05, 0) is 32.9 Å². The predicted molar refractivity (Wildman–Crippen MR) is 87.2 cm³/mol. The number of hydrogen-bond donors (Lipinski definition) is 1. The average molecular weight is 296 g/mol. The second kappa shape index (κ2) is 8.74. The minimum atomic E-state index is 0.0892. The van der Waals surface area contributed by atoms with Gasteiger partial charge < -0.3 is 24.8 Å². The Morgan fingerprint density at radius 1 is 1.14 bits per heavy atom. The molecule has 0 saturated heterocycles. The van der Waals surface area contributed by atoms with Crippen LogP contribution in [-0.4, -0.2) is 46.1 Å². The Morgan fingerprint density at radius 3 is 2.43 bits per heavy atom. The maximum Gasteiger partial charge on any atom is 0.144 e. The molecule has 5 heteroatoms. The number of benzene rings is 1. The van der Waals surface area contributed by atoms with Crippen molar-refractivity contribution >= 4 is 11.4 Å². The molecule has 120 valence electrons. The number of ether oxygens (including phenoxy) is 3. The predicted octanol–water partition coefficient (Wildman–Crippen LogP) is 2.54. The number of nitrogen functional groups attached to an aromatic ring is 1. The Hall–Kier alpha value is -1.46. The highest BCUT2D eigenvalue weighted by Crippen LogP contribution is 2.29. The van der Waals surface area contributed by atoms with Crippen LogP contribution in [0, 0.1) is 0 Å². The highest BCUT2D eigenvalue weighted by Gasteiger charge is 2.16. The molecule has 0 aliphatic heterocycles. The van der Waals surface area contributed by atoms with Crippen LogP contribution in [0.2, 0.25) is 0 Å². The van der Waals surface area contributed by atoms with E-state index in [1.165, 1.54) is 0 Å². The Morgan fingerprint density at radius 2 is 1.86 bits per heavy atom. The number of hydrogen-bond acceptors (Lipinski definition) is 5. The fourth-order valence-electron chi connectivity index (χ4n) is 2.18. The van der Waals surface area contributed by atoms with E-state index in [4.69, 9.17) is 19.9 Å². The Bertz CT molecular complexity index is 424. The minimum Gasteiger partial charge on any atom is -0.489 e. The van der Waals surface area contributed by atoms with Gasteiger partial charge in [-0.3, -0.25) is 0 Å². The first-order valence-electron chi connectivity index (χ1n) is 7.30. The summed E-state index contributed by atoms with van der Waals surface area (Å²) in [6.07, 6.45) is 0.0892. The number of nitrogens with zero attached hydrogens (tertiary/aromatic N) is 1. The van der Waals surface area contributed by atoms with Gasteiger partial charge in [-0.15, -0.1) is 0 Å². The average Bonchev–Trinajstić information content (AvgIpc) is 2.42. The van der Waals surface area contributed by atoms with Gasteiger partial charge in [-0.2, -0.15) is 0 Å². The number of methoxy groups -OCH3 is 2. The van der Waals surface area contributed by atoms with Gasteiger partial charge in [0.05, 0.1) is 25.0 Å². The van der Waals surface area contributed by atoms with E-state index in [1.807, 2.05) is 32.0 Å². The van der Waals surface area contributed by atoms with Crippen molar-refractivity contribution < 1.29 is 14.2 Å². The lowest BCUT2D eigenvalue weighted by atomic mass is 10.2. The van der Waals surface area contributed by atoms with Crippen LogP contribution in [0.15, 0.2) is 18.2 Å². The van der Waals surface area contributed by atoms with Crippen molar-refractivity contribution in [2.24, 2.45) is 0 Å². The molecule has 0 radical (unpaired) electrons. The van der Waals surface area contributed by atoms with Crippen molar-refractivity contribution in [2.45, 2.75) is 32.9 Å². The summed E-state index contributed by atoms with van der Waals surface area (Å²) in [5.41, 5.74) is 7.69. The highest BCUT2D eigenvalue weighted by molar-refractivity contribution is 5.62. The molecule has 0 bridgehead atoms. The van der Waals surface area contributed by atoms with E-state index in [2.05, 4.69) is 11.8 Å². The number of nitrogens with two attached hydrogens (primary N) is 1. The van der Waals surface area contributed by atoms with Crippen molar-refractivity contribution in [1.29, 1.82) is 0 Å². The Balaban J connectivity index is 3.00. The van der Waals surface area contributed by atoms with E-state index < -0.39 is 0 Å². The van der Waals surface area contributed by atoms with E-state index in [0.717, 1.165) is 18.0 Å². The molecule has 1 rings (SSSR count). The molecule has 0 aromatic heterocycles. The molecule has 1 aromatic carbocycles. The monoisotopic (exact) mass is 296 g/mol. The second-order valence-corrected chi connectivity index (χ2v) is 5.38. The van der Waals surface area contributed by atoms with Gasteiger partial charge in [0, 0.05) is 38.6 Å². The third kappa shape index (κ3) is 5.44. The summed E-state index contributed by atoms with van der Waals surface area (Å²) in [7, 11) is 3.41.